The van der Waals surface area contributed by atoms with Crippen LogP contribution in [0.1, 0.15) is 32.3 Å². The fraction of sp³-hybridized carbons (Fsp3) is 0.500. The molecule has 17 heavy (non-hydrogen) atoms. The van der Waals surface area contributed by atoms with E-state index in [1.807, 2.05) is 18.2 Å². The minimum absolute atomic E-state index is 0.134. The van der Waals surface area contributed by atoms with E-state index in [1.54, 1.807) is 6.92 Å². The van der Waals surface area contributed by atoms with Gasteiger partial charge in [0.1, 0.15) is 6.61 Å². The maximum absolute atomic E-state index is 11.1. The van der Waals surface area contributed by atoms with Crippen molar-refractivity contribution in [3.8, 4) is 0 Å². The van der Waals surface area contributed by atoms with Crippen LogP contribution in [0.25, 0.3) is 0 Å². The Morgan fingerprint density at radius 3 is 2.59 bits per heavy atom. The van der Waals surface area contributed by atoms with Crippen LogP contribution in [-0.4, -0.2) is 18.6 Å². The molecule has 0 amide bonds. The smallest absolute Gasteiger partial charge is 0.305 e. The minimum atomic E-state index is -0.134. The Hall–Kier alpha value is -1.35. The molecule has 0 aliphatic carbocycles. The number of ether oxygens (including phenoxy) is 1. The third-order valence-electron chi connectivity index (χ3n) is 2.66. The highest BCUT2D eigenvalue weighted by atomic mass is 16.5. The average molecular weight is 235 g/mol. The number of benzene rings is 1. The van der Waals surface area contributed by atoms with Gasteiger partial charge < -0.3 is 10.1 Å². The lowest BCUT2D eigenvalue weighted by atomic mass is 10.2. The van der Waals surface area contributed by atoms with Gasteiger partial charge >= 0.3 is 5.97 Å². The molecular formula is C14H21NO2. The molecule has 0 radical (unpaired) electrons. The summed E-state index contributed by atoms with van der Waals surface area (Å²) < 4.78 is 5.13. The number of carbonyl (C=O) groups is 1. The number of esters is 1. The van der Waals surface area contributed by atoms with Crippen molar-refractivity contribution < 1.29 is 9.53 Å². The van der Waals surface area contributed by atoms with Gasteiger partial charge in [0, 0.05) is 19.0 Å². The average Bonchev–Trinajstić information content (AvgIpc) is 2.39. The van der Waals surface area contributed by atoms with Gasteiger partial charge in [-0.15, -0.1) is 0 Å². The van der Waals surface area contributed by atoms with E-state index in [0.29, 0.717) is 13.0 Å². The molecule has 1 N–H and O–H groups in total. The van der Waals surface area contributed by atoms with Crippen molar-refractivity contribution in [2.75, 3.05) is 6.61 Å². The van der Waals surface area contributed by atoms with E-state index in [1.165, 1.54) is 5.56 Å². The Balaban J connectivity index is 2.30. The Morgan fingerprint density at radius 2 is 2.00 bits per heavy atom. The summed E-state index contributed by atoms with van der Waals surface area (Å²) in [6, 6.07) is 10.4. The molecular weight excluding hydrogens is 214 g/mol. The van der Waals surface area contributed by atoms with Crippen LogP contribution < -0.4 is 5.32 Å². The van der Waals surface area contributed by atoms with Crippen molar-refractivity contribution in [3.63, 3.8) is 0 Å². The van der Waals surface area contributed by atoms with Crippen LogP contribution in [0.4, 0.5) is 0 Å². The maximum Gasteiger partial charge on any atom is 0.305 e. The van der Waals surface area contributed by atoms with Crippen molar-refractivity contribution in [2.45, 2.75) is 39.3 Å². The lowest BCUT2D eigenvalue weighted by molar-refractivity contribution is -0.144. The predicted octanol–water partition coefficient (Wildman–Crippen LogP) is 2.51. The number of nitrogens with one attached hydrogen (secondary N) is 1. The monoisotopic (exact) mass is 235 g/mol. The van der Waals surface area contributed by atoms with Gasteiger partial charge in [0.15, 0.2) is 0 Å². The molecule has 0 saturated heterocycles. The van der Waals surface area contributed by atoms with Crippen LogP contribution in [0.2, 0.25) is 0 Å². The van der Waals surface area contributed by atoms with Crippen LogP contribution in [0.3, 0.4) is 0 Å². The second-order valence-corrected chi connectivity index (χ2v) is 4.01. The van der Waals surface area contributed by atoms with Crippen LogP contribution in [-0.2, 0) is 16.1 Å². The van der Waals surface area contributed by atoms with Crippen molar-refractivity contribution >= 4 is 5.97 Å². The number of hydrogen-bond acceptors (Lipinski definition) is 3. The summed E-state index contributed by atoms with van der Waals surface area (Å²) in [6.45, 7) is 5.15. The minimum Gasteiger partial charge on any atom is -0.464 e. The van der Waals surface area contributed by atoms with Gasteiger partial charge in [0.25, 0.3) is 0 Å². The molecule has 0 aliphatic heterocycles. The Kier molecular flexibility index (Phi) is 6.33. The molecule has 1 unspecified atom stereocenters. The molecule has 1 rings (SSSR count). The number of hydrogen-bond donors (Lipinski definition) is 1. The van der Waals surface area contributed by atoms with Crippen molar-refractivity contribution in [1.29, 1.82) is 0 Å². The van der Waals surface area contributed by atoms with Gasteiger partial charge in [-0.05, 0) is 12.0 Å². The lowest BCUT2D eigenvalue weighted by Gasteiger charge is -2.16. The normalized spacial score (nSPS) is 12.1. The van der Waals surface area contributed by atoms with E-state index in [0.717, 1.165) is 13.0 Å². The largest absolute Gasteiger partial charge is 0.464 e. The number of rotatable bonds is 7. The zero-order valence-electron chi connectivity index (χ0n) is 10.6. The standard InChI is InChI=1S/C14H21NO2/c1-3-13(11-17-14(16)4-2)15-10-12-8-6-5-7-9-12/h5-9,13,15H,3-4,10-11H2,1-2H3. The summed E-state index contributed by atoms with van der Waals surface area (Å²) in [5.41, 5.74) is 1.24. The summed E-state index contributed by atoms with van der Waals surface area (Å²) in [5, 5.41) is 3.39. The van der Waals surface area contributed by atoms with Gasteiger partial charge in [-0.1, -0.05) is 44.2 Å². The van der Waals surface area contributed by atoms with Gasteiger partial charge in [-0.3, -0.25) is 4.79 Å². The van der Waals surface area contributed by atoms with Crippen LogP contribution >= 0.6 is 0 Å². The highest BCUT2D eigenvalue weighted by Crippen LogP contribution is 2.00. The van der Waals surface area contributed by atoms with E-state index in [4.69, 9.17) is 4.74 Å². The van der Waals surface area contributed by atoms with E-state index < -0.39 is 0 Å². The fourth-order valence-corrected chi connectivity index (χ4v) is 1.47. The first kappa shape index (κ1) is 13.7. The summed E-state index contributed by atoms with van der Waals surface area (Å²) in [7, 11) is 0. The van der Waals surface area contributed by atoms with Crippen LogP contribution in [0, 0.1) is 0 Å². The highest BCUT2D eigenvalue weighted by Gasteiger charge is 2.08. The molecule has 0 aromatic heterocycles. The molecule has 0 saturated carbocycles. The first-order valence-electron chi connectivity index (χ1n) is 6.19. The molecule has 1 aromatic rings. The Labute approximate surface area is 103 Å². The van der Waals surface area contributed by atoms with Crippen molar-refractivity contribution in [2.24, 2.45) is 0 Å². The number of carbonyl (C=O) groups excluding carboxylic acids is 1. The van der Waals surface area contributed by atoms with E-state index in [-0.39, 0.29) is 12.0 Å². The SMILES string of the molecule is CCC(=O)OCC(CC)NCc1ccccc1. The third-order valence-corrected chi connectivity index (χ3v) is 2.66. The van der Waals surface area contributed by atoms with Gasteiger partial charge in [0.2, 0.25) is 0 Å². The molecule has 94 valence electrons. The van der Waals surface area contributed by atoms with E-state index in [9.17, 15) is 4.79 Å². The quantitative estimate of drug-likeness (QED) is 0.738. The second kappa shape index (κ2) is 7.85. The lowest BCUT2D eigenvalue weighted by Crippen LogP contribution is -2.33. The summed E-state index contributed by atoms with van der Waals surface area (Å²) >= 11 is 0. The maximum atomic E-state index is 11.1. The molecule has 0 spiro atoms. The van der Waals surface area contributed by atoms with Crippen LogP contribution in [0.5, 0.6) is 0 Å². The zero-order valence-corrected chi connectivity index (χ0v) is 10.6. The first-order valence-corrected chi connectivity index (χ1v) is 6.19. The molecule has 1 aromatic carbocycles. The molecule has 0 fully saturated rings. The van der Waals surface area contributed by atoms with Gasteiger partial charge in [-0.25, -0.2) is 0 Å². The molecule has 0 heterocycles. The topological polar surface area (TPSA) is 38.3 Å². The van der Waals surface area contributed by atoms with Crippen LogP contribution in [0.15, 0.2) is 30.3 Å². The summed E-state index contributed by atoms with van der Waals surface area (Å²) in [6.07, 6.45) is 1.39. The molecule has 0 bridgehead atoms. The van der Waals surface area contributed by atoms with Crippen molar-refractivity contribution in [1.82, 2.24) is 5.32 Å². The van der Waals surface area contributed by atoms with E-state index in [2.05, 4.69) is 24.4 Å². The fourth-order valence-electron chi connectivity index (χ4n) is 1.47. The highest BCUT2D eigenvalue weighted by molar-refractivity contribution is 5.68. The second-order valence-electron chi connectivity index (χ2n) is 4.01. The van der Waals surface area contributed by atoms with Gasteiger partial charge in [-0.2, -0.15) is 0 Å². The van der Waals surface area contributed by atoms with Crippen molar-refractivity contribution in [3.05, 3.63) is 35.9 Å². The van der Waals surface area contributed by atoms with E-state index >= 15 is 0 Å². The van der Waals surface area contributed by atoms with Gasteiger partial charge in [0.05, 0.1) is 0 Å². The molecule has 3 nitrogen and oxygen atoms in total. The molecule has 0 aliphatic rings. The molecule has 3 heteroatoms. The summed E-state index contributed by atoms with van der Waals surface area (Å²) in [5.74, 6) is -0.134. The predicted molar refractivity (Wildman–Crippen MR) is 68.6 cm³/mol. The Bertz CT molecular complexity index is 324. The first-order chi connectivity index (χ1) is 8.26. The molecule has 1 atom stereocenters. The zero-order chi connectivity index (χ0) is 12.5. The Morgan fingerprint density at radius 1 is 1.29 bits per heavy atom. The third kappa shape index (κ3) is 5.50. The summed E-state index contributed by atoms with van der Waals surface area (Å²) in [4.78, 5) is 11.1.